The van der Waals surface area contributed by atoms with E-state index >= 15 is 0 Å². The highest BCUT2D eigenvalue weighted by Crippen LogP contribution is 2.36. The van der Waals surface area contributed by atoms with E-state index in [4.69, 9.17) is 4.74 Å². The zero-order chi connectivity index (χ0) is 17.8. The molecule has 0 aliphatic carbocycles. The molecule has 1 aromatic heterocycles. The summed E-state index contributed by atoms with van der Waals surface area (Å²) < 4.78 is 5.42. The molecule has 0 N–H and O–H groups in total. The molecule has 0 radical (unpaired) electrons. The highest BCUT2D eigenvalue weighted by molar-refractivity contribution is 7.14. The molecule has 0 atom stereocenters. The van der Waals surface area contributed by atoms with Crippen LogP contribution in [0.15, 0.2) is 24.3 Å². The van der Waals surface area contributed by atoms with E-state index in [1.165, 1.54) is 0 Å². The topological polar surface area (TPSA) is 55.3 Å². The zero-order valence-electron chi connectivity index (χ0n) is 15.1. The number of aromatic nitrogens is 2. The molecule has 1 aliphatic heterocycles. The van der Waals surface area contributed by atoms with Crippen LogP contribution >= 0.6 is 11.3 Å². The molecular formula is C19H25N3O2S. The van der Waals surface area contributed by atoms with Crippen molar-refractivity contribution in [1.29, 1.82) is 0 Å². The number of hydrogen-bond donors (Lipinski definition) is 0. The van der Waals surface area contributed by atoms with Crippen molar-refractivity contribution < 1.29 is 9.53 Å². The molecule has 1 aliphatic rings. The predicted molar refractivity (Wildman–Crippen MR) is 99.9 cm³/mol. The van der Waals surface area contributed by atoms with Crippen LogP contribution in [0.3, 0.4) is 0 Å². The fourth-order valence-corrected chi connectivity index (χ4v) is 4.23. The molecule has 1 aromatic carbocycles. The Morgan fingerprint density at radius 1 is 1.28 bits per heavy atom. The van der Waals surface area contributed by atoms with Gasteiger partial charge >= 0.3 is 0 Å². The number of carbonyl (C=O) groups is 1. The van der Waals surface area contributed by atoms with Crippen molar-refractivity contribution in [3.05, 3.63) is 29.3 Å². The van der Waals surface area contributed by atoms with Crippen molar-refractivity contribution in [3.8, 4) is 16.3 Å². The molecular weight excluding hydrogens is 334 g/mol. The number of ether oxygens (including phenoxy) is 1. The van der Waals surface area contributed by atoms with Crippen LogP contribution in [0.2, 0.25) is 0 Å². The van der Waals surface area contributed by atoms with E-state index in [-0.39, 0.29) is 5.91 Å². The number of nitrogens with zero attached hydrogens (tertiary/aromatic N) is 3. The average Bonchev–Trinajstić information content (AvgIpc) is 3.11. The third-order valence-electron chi connectivity index (χ3n) is 4.56. The lowest BCUT2D eigenvalue weighted by atomic mass is 9.97. The molecule has 0 saturated carbocycles. The van der Waals surface area contributed by atoms with Crippen LogP contribution in [0.25, 0.3) is 10.6 Å². The Hall–Kier alpha value is -1.95. The molecule has 3 rings (SSSR count). The van der Waals surface area contributed by atoms with E-state index in [0.717, 1.165) is 47.3 Å². The lowest BCUT2D eigenvalue weighted by molar-refractivity contribution is -0.133. The molecule has 1 amide bonds. The van der Waals surface area contributed by atoms with E-state index in [1.54, 1.807) is 18.4 Å². The summed E-state index contributed by atoms with van der Waals surface area (Å²) in [6.07, 6.45) is 2.57. The van der Waals surface area contributed by atoms with Crippen LogP contribution in [-0.4, -0.2) is 41.2 Å². The zero-order valence-corrected chi connectivity index (χ0v) is 15.9. The Morgan fingerprint density at radius 3 is 2.68 bits per heavy atom. The first-order valence-corrected chi connectivity index (χ1v) is 9.64. The van der Waals surface area contributed by atoms with Crippen LogP contribution in [0, 0.1) is 5.92 Å². The summed E-state index contributed by atoms with van der Waals surface area (Å²) in [6.45, 7) is 5.82. The van der Waals surface area contributed by atoms with Crippen molar-refractivity contribution in [3.63, 3.8) is 0 Å². The summed E-state index contributed by atoms with van der Waals surface area (Å²) >= 11 is 1.64. The molecule has 0 spiro atoms. The maximum Gasteiger partial charge on any atom is 0.222 e. The predicted octanol–water partition coefficient (Wildman–Crippen LogP) is 3.97. The number of methoxy groups -OCH3 is 1. The van der Waals surface area contributed by atoms with Gasteiger partial charge in [0.1, 0.15) is 10.8 Å². The Morgan fingerprint density at radius 2 is 2.00 bits per heavy atom. The molecule has 6 heteroatoms. The number of benzene rings is 1. The minimum Gasteiger partial charge on any atom is -0.496 e. The second-order valence-corrected chi connectivity index (χ2v) is 7.91. The van der Waals surface area contributed by atoms with Gasteiger partial charge in [-0.2, -0.15) is 0 Å². The summed E-state index contributed by atoms with van der Waals surface area (Å²) in [5, 5.41) is 10.8. The quantitative estimate of drug-likeness (QED) is 0.811. The van der Waals surface area contributed by atoms with Gasteiger partial charge in [0.2, 0.25) is 5.91 Å². The lowest BCUT2D eigenvalue weighted by Crippen LogP contribution is -2.38. The highest BCUT2D eigenvalue weighted by atomic mass is 32.1. The van der Waals surface area contributed by atoms with Gasteiger partial charge in [-0.15, -0.1) is 10.2 Å². The van der Waals surface area contributed by atoms with Gasteiger partial charge in [0, 0.05) is 25.4 Å². The standard InChI is InChI=1S/C19H25N3O2S/c1-13(2)12-17(23)22-10-8-14(9-11-22)18-20-21-19(25-18)15-6-4-5-7-16(15)24-3/h4-7,13-14H,8-12H2,1-3H3. The van der Waals surface area contributed by atoms with E-state index in [9.17, 15) is 4.79 Å². The van der Waals surface area contributed by atoms with Gasteiger partial charge < -0.3 is 9.64 Å². The minimum atomic E-state index is 0.278. The number of carbonyl (C=O) groups excluding carboxylic acids is 1. The number of para-hydroxylation sites is 1. The Bertz CT molecular complexity index is 721. The van der Waals surface area contributed by atoms with E-state index < -0.39 is 0 Å². The van der Waals surface area contributed by atoms with Gasteiger partial charge in [-0.1, -0.05) is 37.3 Å². The SMILES string of the molecule is COc1ccccc1-c1nnc(C2CCN(C(=O)CC(C)C)CC2)s1. The highest BCUT2D eigenvalue weighted by Gasteiger charge is 2.26. The Balaban J connectivity index is 1.65. The van der Waals surface area contributed by atoms with Crippen LogP contribution in [-0.2, 0) is 4.79 Å². The normalized spacial score (nSPS) is 15.6. The summed E-state index contributed by atoms with van der Waals surface area (Å²) in [4.78, 5) is 14.2. The number of likely N-dealkylation sites (tertiary alicyclic amines) is 1. The average molecular weight is 359 g/mol. The molecule has 134 valence electrons. The third kappa shape index (κ3) is 4.18. The van der Waals surface area contributed by atoms with Crippen LogP contribution < -0.4 is 4.74 Å². The van der Waals surface area contributed by atoms with Crippen LogP contribution in [0.5, 0.6) is 5.75 Å². The van der Waals surface area contributed by atoms with E-state index in [1.807, 2.05) is 29.2 Å². The molecule has 0 unspecified atom stereocenters. The summed E-state index contributed by atoms with van der Waals surface area (Å²) in [5.41, 5.74) is 0.985. The van der Waals surface area contributed by atoms with Crippen molar-refractivity contribution >= 4 is 17.2 Å². The van der Waals surface area contributed by atoms with E-state index in [2.05, 4.69) is 24.0 Å². The molecule has 5 nitrogen and oxygen atoms in total. The first-order chi connectivity index (χ1) is 12.1. The van der Waals surface area contributed by atoms with Gasteiger partial charge in [-0.25, -0.2) is 0 Å². The number of rotatable bonds is 5. The summed E-state index contributed by atoms with van der Waals surface area (Å²) in [6, 6.07) is 7.89. The first-order valence-electron chi connectivity index (χ1n) is 8.83. The number of piperidine rings is 1. The molecule has 0 bridgehead atoms. The summed E-state index contributed by atoms with van der Waals surface area (Å²) in [5.74, 6) is 1.90. The van der Waals surface area contributed by atoms with Gasteiger partial charge in [0.25, 0.3) is 0 Å². The smallest absolute Gasteiger partial charge is 0.222 e. The Kier molecular flexibility index (Phi) is 5.68. The van der Waals surface area contributed by atoms with Crippen LogP contribution in [0.1, 0.15) is 44.0 Å². The lowest BCUT2D eigenvalue weighted by Gasteiger charge is -2.31. The van der Waals surface area contributed by atoms with Crippen molar-refractivity contribution in [2.45, 2.75) is 39.0 Å². The fourth-order valence-electron chi connectivity index (χ4n) is 3.18. The molecule has 25 heavy (non-hydrogen) atoms. The monoisotopic (exact) mass is 359 g/mol. The van der Waals surface area contributed by atoms with Gasteiger partial charge in [0.05, 0.1) is 12.7 Å². The summed E-state index contributed by atoms with van der Waals surface area (Å²) in [7, 11) is 1.67. The maximum absolute atomic E-state index is 12.2. The van der Waals surface area contributed by atoms with Gasteiger partial charge in [0.15, 0.2) is 5.01 Å². The van der Waals surface area contributed by atoms with Crippen molar-refractivity contribution in [1.82, 2.24) is 15.1 Å². The fraction of sp³-hybridized carbons (Fsp3) is 0.526. The second-order valence-electron chi connectivity index (χ2n) is 6.90. The molecule has 2 aromatic rings. The number of amides is 1. The van der Waals surface area contributed by atoms with Gasteiger partial charge in [-0.3, -0.25) is 4.79 Å². The second kappa shape index (κ2) is 7.95. The molecule has 1 saturated heterocycles. The van der Waals surface area contributed by atoms with Gasteiger partial charge in [-0.05, 0) is 30.9 Å². The van der Waals surface area contributed by atoms with Crippen LogP contribution in [0.4, 0.5) is 0 Å². The number of hydrogen-bond acceptors (Lipinski definition) is 5. The maximum atomic E-state index is 12.2. The third-order valence-corrected chi connectivity index (χ3v) is 5.68. The molecule has 2 heterocycles. The van der Waals surface area contributed by atoms with Crippen molar-refractivity contribution in [2.75, 3.05) is 20.2 Å². The molecule has 1 fully saturated rings. The van der Waals surface area contributed by atoms with E-state index in [0.29, 0.717) is 18.3 Å². The van der Waals surface area contributed by atoms with Crippen molar-refractivity contribution in [2.24, 2.45) is 5.92 Å². The minimum absolute atomic E-state index is 0.278. The first kappa shape index (κ1) is 17.9. The largest absolute Gasteiger partial charge is 0.496 e. The Labute approximate surface area is 153 Å².